The van der Waals surface area contributed by atoms with Gasteiger partial charge in [0.2, 0.25) is 6.23 Å². The Labute approximate surface area is 232 Å². The van der Waals surface area contributed by atoms with Gasteiger partial charge in [-0.15, -0.1) is 21.5 Å². The molecule has 2 rings (SSSR count). The number of hydrogen-bond acceptors (Lipinski definition) is 13. The number of hydrogen-bond donors (Lipinski definition) is 7. The molecule has 228 valence electrons. The van der Waals surface area contributed by atoms with Crippen molar-refractivity contribution in [1.29, 1.82) is 0 Å². The van der Waals surface area contributed by atoms with E-state index in [0.29, 0.717) is 5.01 Å². The van der Waals surface area contributed by atoms with Crippen molar-refractivity contribution in [2.24, 2.45) is 17.1 Å². The predicted octanol–water partition coefficient (Wildman–Crippen LogP) is -1.92. The minimum absolute atomic E-state index is 0.0656. The number of nitroso groups, excluding NO2 is 1. The van der Waals surface area contributed by atoms with Gasteiger partial charge in [0.25, 0.3) is 0 Å². The van der Waals surface area contributed by atoms with Gasteiger partial charge in [0.05, 0.1) is 38.1 Å². The Morgan fingerprint density at radius 2 is 1.46 bits per heavy atom. The fraction of sp³-hybridized carbons (Fsp3) is 0.957. The summed E-state index contributed by atoms with van der Waals surface area (Å²) in [4.78, 5) is 25.4. The van der Waals surface area contributed by atoms with E-state index >= 15 is 0 Å². The molecule has 2 aliphatic rings. The molecular weight excluding hydrogens is 546 g/mol. The molecule has 0 aromatic rings. The van der Waals surface area contributed by atoms with E-state index in [1.54, 1.807) is 0 Å². The van der Waals surface area contributed by atoms with Crippen LogP contribution in [0.1, 0.15) is 27.7 Å². The Kier molecular flexibility index (Phi) is 12.9. The van der Waals surface area contributed by atoms with Gasteiger partial charge in [-0.3, -0.25) is 0 Å². The number of aliphatic hydroxyl groups is 7. The predicted molar refractivity (Wildman–Crippen MR) is 135 cm³/mol. The monoisotopic (exact) mass is 588 g/mol. The van der Waals surface area contributed by atoms with Crippen LogP contribution in [0.2, 0.25) is 0 Å². The maximum atomic E-state index is 13.8. The van der Waals surface area contributed by atoms with Crippen molar-refractivity contribution in [2.45, 2.75) is 89.0 Å². The number of aliphatic hydroxyl groups excluding tert-OH is 7. The van der Waals surface area contributed by atoms with Gasteiger partial charge in [0.1, 0.15) is 42.7 Å². The number of amides is 2. The van der Waals surface area contributed by atoms with E-state index in [0.717, 1.165) is 0 Å². The standard InChI is InChI=1S/C23H43ClN3O12/c1-11(2)7-27(8-12(3)4,23(35)26(25-36)6-5-24)21-18(33)17(32)20(14(10-29)37-21)39-22-19(34)16(31)15(30)13(9-28)38-22/h11-22,28-34H,5-10H2,1-4H3/q+1/t13-,14-,15-,16+,17-,18-,19-,20-,21?,22-/m1/s1. The second-order valence-corrected chi connectivity index (χ2v) is 11.3. The molecule has 0 spiro atoms. The van der Waals surface area contributed by atoms with Crippen molar-refractivity contribution in [3.05, 3.63) is 4.91 Å². The number of quaternary nitrogens is 1. The third-order valence-corrected chi connectivity index (χ3v) is 7.01. The van der Waals surface area contributed by atoms with Crippen LogP contribution in [0.5, 0.6) is 0 Å². The number of alkyl halides is 1. The molecule has 2 amide bonds. The lowest BCUT2D eigenvalue weighted by molar-refractivity contribution is -0.916. The zero-order chi connectivity index (χ0) is 29.7. The van der Waals surface area contributed by atoms with Crippen molar-refractivity contribution in [2.75, 3.05) is 38.7 Å². The summed E-state index contributed by atoms with van der Waals surface area (Å²) in [5.41, 5.74) is 0. The highest BCUT2D eigenvalue weighted by Gasteiger charge is 2.60. The molecule has 0 aliphatic carbocycles. The molecular formula is C23H43ClN3O12+. The molecule has 0 radical (unpaired) electrons. The summed E-state index contributed by atoms with van der Waals surface area (Å²) in [6.45, 7) is 5.71. The number of nitrogens with zero attached hydrogens (tertiary/aromatic N) is 3. The molecule has 2 fully saturated rings. The van der Waals surface area contributed by atoms with E-state index in [9.17, 15) is 45.4 Å². The molecule has 15 nitrogen and oxygen atoms in total. The maximum absolute atomic E-state index is 13.8. The first-order chi connectivity index (χ1) is 18.3. The lowest BCUT2D eigenvalue weighted by Gasteiger charge is -2.51. The molecule has 2 heterocycles. The zero-order valence-corrected chi connectivity index (χ0v) is 23.3. The fourth-order valence-corrected chi connectivity index (χ4v) is 5.47. The molecule has 2 saturated heterocycles. The van der Waals surface area contributed by atoms with Crippen molar-refractivity contribution in [3.8, 4) is 0 Å². The van der Waals surface area contributed by atoms with Crippen LogP contribution in [0.25, 0.3) is 0 Å². The highest BCUT2D eigenvalue weighted by atomic mass is 35.5. The van der Waals surface area contributed by atoms with Crippen LogP contribution in [-0.4, -0.2) is 151 Å². The van der Waals surface area contributed by atoms with E-state index in [1.165, 1.54) is 0 Å². The minimum atomic E-state index is -1.82. The van der Waals surface area contributed by atoms with Crippen molar-refractivity contribution in [1.82, 2.24) is 5.01 Å². The molecule has 16 heteroatoms. The summed E-state index contributed by atoms with van der Waals surface area (Å²) >= 11 is 5.78. The van der Waals surface area contributed by atoms with E-state index in [2.05, 4.69) is 5.29 Å². The SMILES string of the molecule is CC(C)C[N+](CC(C)C)(C(=O)N(CCCl)N=O)C1O[C@H](CO)[C@@H](O[C@H]2O[C@H](CO)[C@@H](O)[C@H](O)[C@H]2O)[C@H](O)[C@H]1O. The molecule has 0 aromatic carbocycles. The molecule has 2 aliphatic heterocycles. The average molecular weight is 589 g/mol. The van der Waals surface area contributed by atoms with Crippen molar-refractivity contribution >= 4 is 17.6 Å². The first-order valence-electron chi connectivity index (χ1n) is 13.0. The normalized spacial score (nSPS) is 35.8. The van der Waals surface area contributed by atoms with Crippen LogP contribution in [0.4, 0.5) is 4.79 Å². The van der Waals surface area contributed by atoms with Gasteiger partial charge < -0.3 is 50.0 Å². The summed E-state index contributed by atoms with van der Waals surface area (Å²) in [6.07, 6.45) is -16.3. The van der Waals surface area contributed by atoms with Gasteiger partial charge >= 0.3 is 6.03 Å². The largest absolute Gasteiger partial charge is 0.444 e. The molecule has 0 bridgehead atoms. The third kappa shape index (κ3) is 7.42. The van der Waals surface area contributed by atoms with E-state index in [4.69, 9.17) is 25.8 Å². The summed E-state index contributed by atoms with van der Waals surface area (Å²) < 4.78 is 16.3. The van der Waals surface area contributed by atoms with Crippen molar-refractivity contribution in [3.63, 3.8) is 0 Å². The Morgan fingerprint density at radius 3 is 1.92 bits per heavy atom. The zero-order valence-electron chi connectivity index (χ0n) is 22.6. The van der Waals surface area contributed by atoms with Gasteiger partial charge in [-0.2, -0.15) is 0 Å². The highest BCUT2D eigenvalue weighted by Crippen LogP contribution is 2.35. The number of halogens is 1. The van der Waals surface area contributed by atoms with Crippen LogP contribution >= 0.6 is 11.6 Å². The number of urea groups is 1. The van der Waals surface area contributed by atoms with Gasteiger partial charge in [-0.25, -0.2) is 9.28 Å². The highest BCUT2D eigenvalue weighted by molar-refractivity contribution is 6.18. The first kappa shape index (κ1) is 34.1. The van der Waals surface area contributed by atoms with Gasteiger partial charge in [0, 0.05) is 17.7 Å². The van der Waals surface area contributed by atoms with Crippen LogP contribution in [0, 0.1) is 16.7 Å². The molecule has 0 aromatic heterocycles. The van der Waals surface area contributed by atoms with Gasteiger partial charge in [0.15, 0.2) is 12.4 Å². The Bertz CT molecular complexity index is 781. The van der Waals surface area contributed by atoms with Gasteiger partial charge in [-0.05, 0) is 0 Å². The lowest BCUT2D eigenvalue weighted by atomic mass is 9.94. The topological polar surface area (TPSA) is 219 Å². The number of ether oxygens (including phenoxy) is 3. The van der Waals surface area contributed by atoms with Crippen LogP contribution in [0.3, 0.4) is 0 Å². The maximum Gasteiger partial charge on any atom is 0.444 e. The van der Waals surface area contributed by atoms with Crippen molar-refractivity contribution < 1.29 is 59.2 Å². The molecule has 1 unspecified atom stereocenters. The number of rotatable bonds is 12. The minimum Gasteiger partial charge on any atom is -0.394 e. The summed E-state index contributed by atoms with van der Waals surface area (Å²) in [7, 11) is 0. The molecule has 10 atom stereocenters. The van der Waals surface area contributed by atoms with E-state index < -0.39 is 85.1 Å². The molecule has 7 N–H and O–H groups in total. The van der Waals surface area contributed by atoms with Crippen LogP contribution < -0.4 is 0 Å². The average Bonchev–Trinajstić information content (AvgIpc) is 2.88. The number of carbonyl (C=O) groups is 1. The van der Waals surface area contributed by atoms with Gasteiger partial charge in [-0.1, -0.05) is 27.7 Å². The Morgan fingerprint density at radius 1 is 0.897 bits per heavy atom. The smallest absolute Gasteiger partial charge is 0.394 e. The van der Waals surface area contributed by atoms with E-state index in [-0.39, 0.29) is 37.4 Å². The summed E-state index contributed by atoms with van der Waals surface area (Å²) in [5.74, 6) is -0.423. The first-order valence-corrected chi connectivity index (χ1v) is 13.5. The third-order valence-electron chi connectivity index (χ3n) is 6.84. The second kappa shape index (κ2) is 14.7. The fourth-order valence-electron chi connectivity index (χ4n) is 5.31. The Balaban J connectivity index is 2.48. The molecule has 0 saturated carbocycles. The summed E-state index contributed by atoms with van der Waals surface area (Å²) in [6, 6.07) is -0.811. The molecule has 39 heavy (non-hydrogen) atoms. The number of carbonyl (C=O) groups excluding carboxylic acids is 1. The van der Waals surface area contributed by atoms with Crippen LogP contribution in [-0.2, 0) is 14.2 Å². The second-order valence-electron chi connectivity index (χ2n) is 10.9. The van der Waals surface area contributed by atoms with E-state index in [1.807, 2.05) is 27.7 Å². The Hall–Kier alpha value is -1.08. The quantitative estimate of drug-likeness (QED) is 0.0574. The lowest BCUT2D eigenvalue weighted by Crippen LogP contribution is -2.75. The van der Waals surface area contributed by atoms with Crippen LogP contribution in [0.15, 0.2) is 5.29 Å². The summed E-state index contributed by atoms with van der Waals surface area (Å²) in [5, 5.41) is 76.0.